The fourth-order valence-corrected chi connectivity index (χ4v) is 3.06. The number of halogens is 1. The smallest absolute Gasteiger partial charge is 0.251 e. The maximum atomic E-state index is 12.6. The molecule has 0 aromatic heterocycles. The van der Waals surface area contributed by atoms with Gasteiger partial charge >= 0.3 is 0 Å². The SMILES string of the molecule is CC(C)NC(=O)c1ccc(Cl)c(NC(=O)C2(C#N)CCCCC2)c1. The molecule has 1 aromatic carbocycles. The summed E-state index contributed by atoms with van der Waals surface area (Å²) in [5, 5.41) is 15.4. The predicted octanol–water partition coefficient (Wildman–Crippen LogP) is 3.89. The maximum absolute atomic E-state index is 12.6. The van der Waals surface area contributed by atoms with Crippen molar-refractivity contribution in [1.82, 2.24) is 5.32 Å². The zero-order chi connectivity index (χ0) is 17.7. The summed E-state index contributed by atoms with van der Waals surface area (Å²) < 4.78 is 0. The number of anilines is 1. The molecule has 0 saturated heterocycles. The highest BCUT2D eigenvalue weighted by Gasteiger charge is 2.40. The fraction of sp³-hybridized carbons (Fsp3) is 0.500. The van der Waals surface area contributed by atoms with Crippen molar-refractivity contribution in [3.05, 3.63) is 28.8 Å². The summed E-state index contributed by atoms with van der Waals surface area (Å²) in [5.41, 5.74) is -0.228. The average molecular weight is 348 g/mol. The molecular formula is C18H22ClN3O2. The number of nitrogens with zero attached hydrogens (tertiary/aromatic N) is 1. The molecule has 0 radical (unpaired) electrons. The summed E-state index contributed by atoms with van der Waals surface area (Å²) in [6.07, 6.45) is 3.89. The van der Waals surface area contributed by atoms with Crippen LogP contribution in [0.3, 0.4) is 0 Å². The standard InChI is InChI=1S/C18H22ClN3O2/c1-12(2)21-16(23)13-6-7-14(19)15(10-13)22-17(24)18(11-20)8-4-3-5-9-18/h6-7,10,12H,3-5,8-9H2,1-2H3,(H,21,23)(H,22,24). The van der Waals surface area contributed by atoms with Crippen LogP contribution in [0.25, 0.3) is 0 Å². The quantitative estimate of drug-likeness (QED) is 0.866. The third kappa shape index (κ3) is 4.07. The molecule has 2 rings (SSSR count). The van der Waals surface area contributed by atoms with Gasteiger partial charge in [-0.3, -0.25) is 9.59 Å². The van der Waals surface area contributed by atoms with Crippen molar-refractivity contribution in [3.63, 3.8) is 0 Å². The summed E-state index contributed by atoms with van der Waals surface area (Å²) in [6, 6.07) is 6.93. The summed E-state index contributed by atoms with van der Waals surface area (Å²) in [4.78, 5) is 24.7. The second-order valence-electron chi connectivity index (χ2n) is 6.53. The van der Waals surface area contributed by atoms with Gasteiger partial charge in [0.1, 0.15) is 5.41 Å². The Kier molecular flexibility index (Phi) is 5.84. The Bertz CT molecular complexity index is 673. The monoisotopic (exact) mass is 347 g/mol. The van der Waals surface area contributed by atoms with Crippen molar-refractivity contribution in [2.75, 3.05) is 5.32 Å². The summed E-state index contributed by atoms with van der Waals surface area (Å²) in [5.74, 6) is -0.571. The molecule has 1 saturated carbocycles. The molecule has 2 N–H and O–H groups in total. The Balaban J connectivity index is 2.21. The third-order valence-electron chi connectivity index (χ3n) is 4.25. The highest BCUT2D eigenvalue weighted by atomic mass is 35.5. The van der Waals surface area contributed by atoms with E-state index in [0.29, 0.717) is 29.1 Å². The summed E-state index contributed by atoms with van der Waals surface area (Å²) >= 11 is 6.15. The number of carbonyl (C=O) groups is 2. The van der Waals surface area contributed by atoms with Crippen LogP contribution in [0.1, 0.15) is 56.3 Å². The van der Waals surface area contributed by atoms with Gasteiger partial charge in [-0.25, -0.2) is 0 Å². The van der Waals surface area contributed by atoms with Gasteiger partial charge in [-0.15, -0.1) is 0 Å². The first kappa shape index (κ1) is 18.3. The second-order valence-corrected chi connectivity index (χ2v) is 6.94. The van der Waals surface area contributed by atoms with Gasteiger partial charge in [-0.2, -0.15) is 5.26 Å². The highest BCUT2D eigenvalue weighted by molar-refractivity contribution is 6.34. The number of nitriles is 1. The average Bonchev–Trinajstić information content (AvgIpc) is 2.56. The Morgan fingerprint density at radius 2 is 1.92 bits per heavy atom. The molecule has 0 bridgehead atoms. The van der Waals surface area contributed by atoms with E-state index in [9.17, 15) is 14.9 Å². The third-order valence-corrected chi connectivity index (χ3v) is 4.58. The largest absolute Gasteiger partial charge is 0.350 e. The molecule has 1 aromatic rings. The summed E-state index contributed by atoms with van der Waals surface area (Å²) in [7, 11) is 0. The number of amides is 2. The number of benzene rings is 1. The zero-order valence-corrected chi connectivity index (χ0v) is 14.7. The topological polar surface area (TPSA) is 82.0 Å². The lowest BCUT2D eigenvalue weighted by Crippen LogP contribution is -2.37. The molecule has 0 unspecified atom stereocenters. The zero-order valence-electron chi connectivity index (χ0n) is 14.0. The molecule has 0 atom stereocenters. The fourth-order valence-electron chi connectivity index (χ4n) is 2.89. The minimum absolute atomic E-state index is 0.00955. The Labute approximate surface area is 147 Å². The molecule has 1 fully saturated rings. The molecule has 5 nitrogen and oxygen atoms in total. The van der Waals surface area contributed by atoms with E-state index in [1.165, 1.54) is 0 Å². The van der Waals surface area contributed by atoms with Crippen molar-refractivity contribution in [3.8, 4) is 6.07 Å². The number of nitrogens with one attached hydrogen (secondary N) is 2. The van der Waals surface area contributed by atoms with E-state index in [2.05, 4.69) is 16.7 Å². The van der Waals surface area contributed by atoms with E-state index in [-0.39, 0.29) is 17.9 Å². The van der Waals surface area contributed by atoms with Crippen LogP contribution in [0, 0.1) is 16.7 Å². The number of rotatable bonds is 4. The van der Waals surface area contributed by atoms with Crippen LogP contribution in [0.5, 0.6) is 0 Å². The van der Waals surface area contributed by atoms with Crippen molar-refractivity contribution < 1.29 is 9.59 Å². The lowest BCUT2D eigenvalue weighted by molar-refractivity contribution is -0.124. The Morgan fingerprint density at radius 1 is 1.25 bits per heavy atom. The molecule has 6 heteroatoms. The van der Waals surface area contributed by atoms with Gasteiger partial charge in [-0.05, 0) is 44.9 Å². The Hall–Kier alpha value is -2.06. The van der Waals surface area contributed by atoms with Crippen LogP contribution >= 0.6 is 11.6 Å². The van der Waals surface area contributed by atoms with Gasteiger partial charge in [0.2, 0.25) is 5.91 Å². The van der Waals surface area contributed by atoms with E-state index < -0.39 is 5.41 Å². The molecule has 2 amide bonds. The number of carbonyl (C=O) groups excluding carboxylic acids is 2. The molecule has 0 spiro atoms. The van der Waals surface area contributed by atoms with Crippen molar-refractivity contribution >= 4 is 29.1 Å². The van der Waals surface area contributed by atoms with Crippen LogP contribution in [0.15, 0.2) is 18.2 Å². The van der Waals surface area contributed by atoms with Crippen LogP contribution < -0.4 is 10.6 Å². The molecule has 128 valence electrons. The molecule has 1 aliphatic rings. The lowest BCUT2D eigenvalue weighted by atomic mass is 9.74. The second kappa shape index (κ2) is 7.67. The van der Waals surface area contributed by atoms with Crippen LogP contribution in [-0.2, 0) is 4.79 Å². The molecule has 1 aliphatic carbocycles. The molecule has 0 heterocycles. The number of hydrogen-bond donors (Lipinski definition) is 2. The van der Waals surface area contributed by atoms with Crippen LogP contribution in [-0.4, -0.2) is 17.9 Å². The first-order valence-electron chi connectivity index (χ1n) is 8.21. The predicted molar refractivity (Wildman–Crippen MR) is 93.8 cm³/mol. The number of hydrogen-bond acceptors (Lipinski definition) is 3. The van der Waals surface area contributed by atoms with Gasteiger partial charge < -0.3 is 10.6 Å². The maximum Gasteiger partial charge on any atom is 0.251 e. The minimum atomic E-state index is -1.00. The molecule has 24 heavy (non-hydrogen) atoms. The van der Waals surface area contributed by atoms with E-state index in [1.54, 1.807) is 18.2 Å². The van der Waals surface area contributed by atoms with Gasteiger partial charge in [0.25, 0.3) is 5.91 Å². The first-order valence-corrected chi connectivity index (χ1v) is 8.59. The normalized spacial score (nSPS) is 16.3. The lowest BCUT2D eigenvalue weighted by Gasteiger charge is -2.29. The van der Waals surface area contributed by atoms with Crippen molar-refractivity contribution in [1.29, 1.82) is 5.26 Å². The van der Waals surface area contributed by atoms with E-state index >= 15 is 0 Å². The first-order chi connectivity index (χ1) is 11.4. The molecular weight excluding hydrogens is 326 g/mol. The Morgan fingerprint density at radius 3 is 2.50 bits per heavy atom. The van der Waals surface area contributed by atoms with Crippen LogP contribution in [0.4, 0.5) is 5.69 Å². The van der Waals surface area contributed by atoms with Gasteiger partial charge in [0, 0.05) is 11.6 Å². The molecule has 0 aliphatic heterocycles. The van der Waals surface area contributed by atoms with Gasteiger partial charge in [0.05, 0.1) is 16.8 Å². The van der Waals surface area contributed by atoms with E-state index in [0.717, 1.165) is 19.3 Å². The van der Waals surface area contributed by atoms with Crippen LogP contribution in [0.2, 0.25) is 5.02 Å². The van der Waals surface area contributed by atoms with Gasteiger partial charge in [-0.1, -0.05) is 30.9 Å². The highest BCUT2D eigenvalue weighted by Crippen LogP contribution is 2.37. The van der Waals surface area contributed by atoms with E-state index in [4.69, 9.17) is 11.6 Å². The van der Waals surface area contributed by atoms with E-state index in [1.807, 2.05) is 13.8 Å². The van der Waals surface area contributed by atoms with Crippen molar-refractivity contribution in [2.45, 2.75) is 52.0 Å². The van der Waals surface area contributed by atoms with Crippen molar-refractivity contribution in [2.24, 2.45) is 5.41 Å². The summed E-state index contributed by atoms with van der Waals surface area (Å²) in [6.45, 7) is 3.74. The van der Waals surface area contributed by atoms with Gasteiger partial charge in [0.15, 0.2) is 0 Å². The minimum Gasteiger partial charge on any atom is -0.350 e.